The molecule has 0 radical (unpaired) electrons. The first kappa shape index (κ1) is 22.3. The van der Waals surface area contributed by atoms with Gasteiger partial charge in [-0.15, -0.1) is 0 Å². The summed E-state index contributed by atoms with van der Waals surface area (Å²) in [4.78, 5) is 14.9. The van der Waals surface area contributed by atoms with E-state index in [1.54, 1.807) is 17.0 Å². The Hall–Kier alpha value is -2.90. The lowest BCUT2D eigenvalue weighted by atomic mass is 9.99. The predicted molar refractivity (Wildman–Crippen MR) is 126 cm³/mol. The second-order valence-corrected chi connectivity index (χ2v) is 10.1. The maximum atomic E-state index is 13.1. The van der Waals surface area contributed by atoms with Crippen molar-refractivity contribution in [2.45, 2.75) is 31.1 Å². The second kappa shape index (κ2) is 9.30. The standard InChI is InChI=1S/C25H29N3O3S/c1-3-20(2)21-8-12-24(13-9-21)32(30,31)28-18-16-27(17-19-28)25(29)22-6-10-23(11-7-22)26-14-4-5-15-26/h4-15,20H,3,16-19H2,1-2H3. The molecular weight excluding hydrogens is 422 g/mol. The lowest BCUT2D eigenvalue weighted by molar-refractivity contribution is 0.0698. The Morgan fingerprint density at radius 1 is 0.906 bits per heavy atom. The van der Waals surface area contributed by atoms with Crippen molar-refractivity contribution in [1.82, 2.24) is 13.8 Å². The van der Waals surface area contributed by atoms with Gasteiger partial charge in [0.05, 0.1) is 4.90 Å². The van der Waals surface area contributed by atoms with Gasteiger partial charge in [-0.2, -0.15) is 4.31 Å². The summed E-state index contributed by atoms with van der Waals surface area (Å²) in [5.74, 6) is 0.331. The highest BCUT2D eigenvalue weighted by molar-refractivity contribution is 7.89. The quantitative estimate of drug-likeness (QED) is 0.566. The SMILES string of the molecule is CCC(C)c1ccc(S(=O)(=O)N2CCN(C(=O)c3ccc(-n4cccc4)cc3)CC2)cc1. The molecule has 1 aliphatic heterocycles. The zero-order valence-electron chi connectivity index (χ0n) is 18.5. The monoisotopic (exact) mass is 451 g/mol. The molecule has 3 aromatic rings. The molecule has 2 aromatic carbocycles. The van der Waals surface area contributed by atoms with Gasteiger partial charge >= 0.3 is 0 Å². The number of piperazine rings is 1. The van der Waals surface area contributed by atoms with Gasteiger partial charge < -0.3 is 9.47 Å². The van der Waals surface area contributed by atoms with Crippen LogP contribution in [0.3, 0.4) is 0 Å². The summed E-state index contributed by atoms with van der Waals surface area (Å²) in [7, 11) is -3.56. The zero-order valence-corrected chi connectivity index (χ0v) is 19.3. The van der Waals surface area contributed by atoms with Crippen molar-refractivity contribution in [1.29, 1.82) is 0 Å². The number of rotatable bonds is 6. The van der Waals surface area contributed by atoms with Crippen LogP contribution in [0.5, 0.6) is 0 Å². The van der Waals surface area contributed by atoms with Crippen molar-refractivity contribution < 1.29 is 13.2 Å². The zero-order chi connectivity index (χ0) is 22.7. The summed E-state index contributed by atoms with van der Waals surface area (Å²) in [6.07, 6.45) is 4.92. The van der Waals surface area contributed by atoms with Crippen molar-refractivity contribution >= 4 is 15.9 Å². The van der Waals surface area contributed by atoms with Crippen molar-refractivity contribution in [2.75, 3.05) is 26.2 Å². The smallest absolute Gasteiger partial charge is 0.253 e. The van der Waals surface area contributed by atoms with Crippen LogP contribution in [0.25, 0.3) is 5.69 Å². The van der Waals surface area contributed by atoms with Crippen molar-refractivity contribution in [3.05, 3.63) is 84.2 Å². The fraction of sp³-hybridized carbons (Fsp3) is 0.320. The molecular formula is C25H29N3O3S. The van der Waals surface area contributed by atoms with Gasteiger partial charge in [0.2, 0.25) is 10.0 Å². The number of hydrogen-bond donors (Lipinski definition) is 0. The molecule has 0 bridgehead atoms. The lowest BCUT2D eigenvalue weighted by Crippen LogP contribution is -2.50. The Balaban J connectivity index is 1.39. The van der Waals surface area contributed by atoms with Gasteiger partial charge in [0, 0.05) is 49.8 Å². The van der Waals surface area contributed by atoms with Crippen LogP contribution in [0.4, 0.5) is 0 Å². The average Bonchev–Trinajstić information content (AvgIpc) is 3.38. The van der Waals surface area contributed by atoms with E-state index in [2.05, 4.69) is 13.8 Å². The van der Waals surface area contributed by atoms with Crippen LogP contribution in [0.2, 0.25) is 0 Å². The number of benzene rings is 2. The van der Waals surface area contributed by atoms with Crippen LogP contribution in [0.15, 0.2) is 78.0 Å². The molecule has 0 aliphatic carbocycles. The molecule has 1 aromatic heterocycles. The molecule has 0 spiro atoms. The Labute approximate surface area is 190 Å². The van der Waals surface area contributed by atoms with Gasteiger partial charge in [-0.3, -0.25) is 4.79 Å². The Morgan fingerprint density at radius 2 is 1.50 bits per heavy atom. The summed E-state index contributed by atoms with van der Waals surface area (Å²) < 4.78 is 29.6. The van der Waals surface area contributed by atoms with E-state index in [-0.39, 0.29) is 5.91 Å². The number of amides is 1. The van der Waals surface area contributed by atoms with Gasteiger partial charge in [0.1, 0.15) is 0 Å². The van der Waals surface area contributed by atoms with Crippen molar-refractivity contribution in [3.63, 3.8) is 0 Å². The van der Waals surface area contributed by atoms with Crippen LogP contribution in [0.1, 0.15) is 42.1 Å². The molecule has 1 unspecified atom stereocenters. The highest BCUT2D eigenvalue weighted by atomic mass is 32.2. The van der Waals surface area contributed by atoms with Crippen LogP contribution < -0.4 is 0 Å². The van der Waals surface area contributed by atoms with E-state index in [9.17, 15) is 13.2 Å². The average molecular weight is 452 g/mol. The molecule has 7 heteroatoms. The topological polar surface area (TPSA) is 62.6 Å². The number of nitrogens with zero attached hydrogens (tertiary/aromatic N) is 3. The van der Waals surface area contributed by atoms with Gasteiger partial charge in [0.25, 0.3) is 5.91 Å². The summed E-state index contributed by atoms with van der Waals surface area (Å²) in [6, 6.07) is 18.6. The van der Waals surface area contributed by atoms with Crippen molar-refractivity contribution in [2.24, 2.45) is 0 Å². The van der Waals surface area contributed by atoms with E-state index in [1.165, 1.54) is 4.31 Å². The van der Waals surface area contributed by atoms with E-state index in [0.717, 1.165) is 17.7 Å². The number of sulfonamides is 1. The summed E-state index contributed by atoms with van der Waals surface area (Å²) >= 11 is 0. The molecule has 32 heavy (non-hydrogen) atoms. The highest BCUT2D eigenvalue weighted by Gasteiger charge is 2.30. The Kier molecular flexibility index (Phi) is 6.48. The Bertz CT molecular complexity index is 1150. The first-order valence-corrected chi connectivity index (χ1v) is 12.5. The fourth-order valence-electron chi connectivity index (χ4n) is 3.95. The molecule has 0 N–H and O–H groups in total. The first-order valence-electron chi connectivity index (χ1n) is 11.0. The molecule has 0 saturated carbocycles. The van der Waals surface area contributed by atoms with Gasteiger partial charge in [-0.05, 0) is 66.4 Å². The van der Waals surface area contributed by atoms with E-state index in [1.807, 2.05) is 65.5 Å². The minimum Gasteiger partial charge on any atom is -0.336 e. The van der Waals surface area contributed by atoms with Crippen LogP contribution in [-0.4, -0.2) is 54.3 Å². The van der Waals surface area contributed by atoms with E-state index in [0.29, 0.717) is 42.6 Å². The maximum Gasteiger partial charge on any atom is 0.253 e. The molecule has 1 amide bonds. The van der Waals surface area contributed by atoms with Crippen LogP contribution in [0, 0.1) is 0 Å². The van der Waals surface area contributed by atoms with E-state index < -0.39 is 10.0 Å². The number of carbonyl (C=O) groups excluding carboxylic acids is 1. The third-order valence-electron chi connectivity index (χ3n) is 6.24. The first-order chi connectivity index (χ1) is 15.4. The largest absolute Gasteiger partial charge is 0.336 e. The van der Waals surface area contributed by atoms with Gasteiger partial charge in [0.15, 0.2) is 0 Å². The van der Waals surface area contributed by atoms with Crippen LogP contribution >= 0.6 is 0 Å². The second-order valence-electron chi connectivity index (χ2n) is 8.21. The summed E-state index contributed by atoms with van der Waals surface area (Å²) in [5, 5.41) is 0. The molecule has 6 nitrogen and oxygen atoms in total. The molecule has 1 fully saturated rings. The summed E-state index contributed by atoms with van der Waals surface area (Å²) in [5.41, 5.74) is 2.74. The normalized spacial score (nSPS) is 16.1. The van der Waals surface area contributed by atoms with E-state index >= 15 is 0 Å². The number of carbonyl (C=O) groups is 1. The molecule has 168 valence electrons. The van der Waals surface area contributed by atoms with Gasteiger partial charge in [-0.1, -0.05) is 26.0 Å². The molecule has 4 rings (SSSR count). The molecule has 1 aliphatic rings. The van der Waals surface area contributed by atoms with Crippen LogP contribution in [-0.2, 0) is 10.0 Å². The van der Waals surface area contributed by atoms with E-state index in [4.69, 9.17) is 0 Å². The molecule has 1 atom stereocenters. The minimum atomic E-state index is -3.56. The van der Waals surface area contributed by atoms with Crippen molar-refractivity contribution in [3.8, 4) is 5.69 Å². The third kappa shape index (κ3) is 4.49. The highest BCUT2D eigenvalue weighted by Crippen LogP contribution is 2.23. The third-order valence-corrected chi connectivity index (χ3v) is 8.15. The fourth-order valence-corrected chi connectivity index (χ4v) is 5.37. The predicted octanol–water partition coefficient (Wildman–Crippen LogP) is 4.14. The summed E-state index contributed by atoms with van der Waals surface area (Å²) in [6.45, 7) is 5.59. The number of hydrogen-bond acceptors (Lipinski definition) is 3. The molecule has 2 heterocycles. The maximum absolute atomic E-state index is 13.1. The Morgan fingerprint density at radius 3 is 2.06 bits per heavy atom. The molecule has 1 saturated heterocycles. The number of aromatic nitrogens is 1. The minimum absolute atomic E-state index is 0.0704. The lowest BCUT2D eigenvalue weighted by Gasteiger charge is -2.34. The van der Waals surface area contributed by atoms with Gasteiger partial charge in [-0.25, -0.2) is 8.42 Å².